The van der Waals surface area contributed by atoms with Crippen molar-refractivity contribution < 1.29 is 4.39 Å². The highest BCUT2D eigenvalue weighted by atomic mass is 32.1. The zero-order valence-electron chi connectivity index (χ0n) is 11.9. The van der Waals surface area contributed by atoms with Crippen molar-refractivity contribution in [2.45, 2.75) is 44.1 Å². The quantitative estimate of drug-likeness (QED) is 0.753. The fourth-order valence-electron chi connectivity index (χ4n) is 5.89. The van der Waals surface area contributed by atoms with Gasteiger partial charge in [-0.25, -0.2) is 4.39 Å². The van der Waals surface area contributed by atoms with Crippen LogP contribution in [0, 0.1) is 28.3 Å². The van der Waals surface area contributed by atoms with Gasteiger partial charge in [0, 0.05) is 5.54 Å². The van der Waals surface area contributed by atoms with Crippen LogP contribution in [0.1, 0.15) is 38.5 Å². The number of hydrogen-bond donors (Lipinski definition) is 1. The molecule has 4 bridgehead atoms. The summed E-state index contributed by atoms with van der Waals surface area (Å²) in [6, 6.07) is 5.03. The maximum atomic E-state index is 13.5. The van der Waals surface area contributed by atoms with Gasteiger partial charge in [-0.3, -0.25) is 0 Å². The predicted octanol–water partition coefficient (Wildman–Crippen LogP) is 4.76. The van der Waals surface area contributed by atoms with Crippen LogP contribution >= 0.6 is 12.2 Å². The highest BCUT2D eigenvalue weighted by Gasteiger charge is 2.52. The number of nitrogens with zero attached hydrogens (tertiary/aromatic N) is 1. The highest BCUT2D eigenvalue weighted by molar-refractivity contribution is 7.71. The van der Waals surface area contributed by atoms with E-state index in [-0.39, 0.29) is 11.4 Å². The van der Waals surface area contributed by atoms with E-state index in [4.69, 9.17) is 12.2 Å². The summed E-state index contributed by atoms with van der Waals surface area (Å²) >= 11 is 5.62. The van der Waals surface area contributed by atoms with Gasteiger partial charge in [0.1, 0.15) is 5.82 Å². The minimum atomic E-state index is -0.198. The van der Waals surface area contributed by atoms with Crippen molar-refractivity contribution in [3.63, 3.8) is 0 Å². The molecule has 2 aromatic rings. The van der Waals surface area contributed by atoms with Gasteiger partial charge in [-0.2, -0.15) is 0 Å². The number of rotatable bonds is 1. The van der Waals surface area contributed by atoms with Gasteiger partial charge >= 0.3 is 0 Å². The first-order chi connectivity index (χ1) is 10.1. The monoisotopic (exact) mass is 302 g/mol. The number of benzene rings is 1. The SMILES string of the molecule is Fc1ccc2c(c1)[nH]c(=S)n2C12CC3CC(CC(C3)C1)C2. The van der Waals surface area contributed by atoms with Crippen LogP contribution in [-0.2, 0) is 5.54 Å². The van der Waals surface area contributed by atoms with E-state index in [1.807, 2.05) is 6.07 Å². The van der Waals surface area contributed by atoms with Gasteiger partial charge in [-0.15, -0.1) is 0 Å². The van der Waals surface area contributed by atoms with Crippen LogP contribution < -0.4 is 0 Å². The normalized spacial score (nSPS) is 37.5. The Morgan fingerprint density at radius 2 is 1.71 bits per heavy atom. The van der Waals surface area contributed by atoms with E-state index in [0.29, 0.717) is 0 Å². The lowest BCUT2D eigenvalue weighted by Gasteiger charge is -2.57. The third-order valence-electron chi connectivity index (χ3n) is 6.12. The zero-order chi connectivity index (χ0) is 14.2. The second-order valence-corrected chi connectivity index (χ2v) is 7.96. The van der Waals surface area contributed by atoms with Crippen molar-refractivity contribution in [2.75, 3.05) is 0 Å². The Morgan fingerprint density at radius 1 is 1.10 bits per heavy atom. The molecule has 0 saturated heterocycles. The molecule has 0 unspecified atom stereocenters. The van der Waals surface area contributed by atoms with Crippen molar-refractivity contribution >= 4 is 23.3 Å². The lowest BCUT2D eigenvalue weighted by molar-refractivity contribution is -0.0416. The minimum absolute atomic E-state index is 0.196. The topological polar surface area (TPSA) is 20.7 Å². The lowest BCUT2D eigenvalue weighted by atomic mass is 9.53. The molecule has 0 amide bonds. The van der Waals surface area contributed by atoms with Gasteiger partial charge in [0.05, 0.1) is 11.0 Å². The van der Waals surface area contributed by atoms with E-state index in [9.17, 15) is 4.39 Å². The third-order valence-corrected chi connectivity index (χ3v) is 6.41. The number of aromatic amines is 1. The van der Waals surface area contributed by atoms with E-state index in [2.05, 4.69) is 9.55 Å². The summed E-state index contributed by atoms with van der Waals surface area (Å²) in [7, 11) is 0. The molecule has 21 heavy (non-hydrogen) atoms. The molecule has 4 heteroatoms. The Labute approximate surface area is 128 Å². The zero-order valence-corrected chi connectivity index (χ0v) is 12.8. The molecular weight excluding hydrogens is 283 g/mol. The number of aromatic nitrogens is 2. The summed E-state index contributed by atoms with van der Waals surface area (Å²) in [4.78, 5) is 3.23. The highest BCUT2D eigenvalue weighted by Crippen LogP contribution is 2.59. The second kappa shape index (κ2) is 3.97. The Kier molecular flexibility index (Phi) is 2.35. The number of nitrogens with one attached hydrogen (secondary N) is 1. The van der Waals surface area contributed by atoms with Crippen LogP contribution in [0.5, 0.6) is 0 Å². The van der Waals surface area contributed by atoms with E-state index in [0.717, 1.165) is 33.6 Å². The van der Waals surface area contributed by atoms with Gasteiger partial charge < -0.3 is 9.55 Å². The molecule has 4 aliphatic carbocycles. The van der Waals surface area contributed by atoms with Crippen molar-refractivity contribution in [1.82, 2.24) is 9.55 Å². The number of imidazole rings is 1. The van der Waals surface area contributed by atoms with E-state index in [1.54, 1.807) is 12.1 Å². The fraction of sp³-hybridized carbons (Fsp3) is 0.588. The molecular formula is C17H19FN2S. The molecule has 4 aliphatic rings. The van der Waals surface area contributed by atoms with Crippen molar-refractivity contribution in [3.8, 4) is 0 Å². The minimum Gasteiger partial charge on any atom is -0.330 e. The van der Waals surface area contributed by atoms with Crippen molar-refractivity contribution in [2.24, 2.45) is 17.8 Å². The molecule has 110 valence electrons. The Balaban J connectivity index is 1.74. The molecule has 0 spiro atoms. The van der Waals surface area contributed by atoms with E-state index in [1.165, 1.54) is 38.5 Å². The van der Waals surface area contributed by atoms with Crippen LogP contribution in [0.4, 0.5) is 4.39 Å². The molecule has 1 aromatic carbocycles. The van der Waals surface area contributed by atoms with Gasteiger partial charge in [-0.1, -0.05) is 0 Å². The molecule has 0 atom stereocenters. The molecule has 2 nitrogen and oxygen atoms in total. The predicted molar refractivity (Wildman–Crippen MR) is 83.2 cm³/mol. The summed E-state index contributed by atoms with van der Waals surface area (Å²) in [5.41, 5.74) is 2.13. The van der Waals surface area contributed by atoms with Crippen LogP contribution in [-0.4, -0.2) is 9.55 Å². The number of halogens is 1. The number of hydrogen-bond acceptors (Lipinski definition) is 1. The molecule has 1 heterocycles. The first kappa shape index (κ1) is 12.4. The smallest absolute Gasteiger partial charge is 0.178 e. The number of H-pyrrole nitrogens is 1. The Hall–Kier alpha value is -1.16. The van der Waals surface area contributed by atoms with Crippen molar-refractivity contribution in [1.29, 1.82) is 0 Å². The van der Waals surface area contributed by atoms with Crippen LogP contribution in [0.3, 0.4) is 0 Å². The Bertz CT molecular complexity index is 752. The molecule has 4 saturated carbocycles. The Morgan fingerprint density at radius 3 is 2.33 bits per heavy atom. The maximum Gasteiger partial charge on any atom is 0.178 e. The molecule has 0 radical (unpaired) electrons. The standard InChI is InChI=1S/C17H19FN2S/c18-13-1-2-15-14(6-13)19-16(21)20(15)17-7-10-3-11(8-17)5-12(4-10)9-17/h1-2,6,10-12H,3-5,7-9H2,(H,19,21). The van der Waals surface area contributed by atoms with Gasteiger partial charge in [0.15, 0.2) is 4.77 Å². The molecule has 6 rings (SSSR count). The second-order valence-electron chi connectivity index (χ2n) is 7.57. The number of fused-ring (bicyclic) bond motifs is 1. The first-order valence-corrected chi connectivity index (χ1v) is 8.45. The summed E-state index contributed by atoms with van der Waals surface area (Å²) < 4.78 is 16.6. The average Bonchev–Trinajstić information content (AvgIpc) is 2.72. The summed E-state index contributed by atoms with van der Waals surface area (Å²) in [5, 5.41) is 0. The summed E-state index contributed by atoms with van der Waals surface area (Å²) in [6.07, 6.45) is 8.05. The van der Waals surface area contributed by atoms with E-state index >= 15 is 0 Å². The third kappa shape index (κ3) is 1.65. The molecule has 1 aromatic heterocycles. The maximum absolute atomic E-state index is 13.5. The largest absolute Gasteiger partial charge is 0.330 e. The van der Waals surface area contributed by atoms with Gasteiger partial charge in [0.2, 0.25) is 0 Å². The van der Waals surface area contributed by atoms with Gasteiger partial charge in [0.25, 0.3) is 0 Å². The first-order valence-electron chi connectivity index (χ1n) is 8.04. The van der Waals surface area contributed by atoms with Gasteiger partial charge in [-0.05, 0) is 86.7 Å². The summed E-state index contributed by atoms with van der Waals surface area (Å²) in [5.74, 6) is 2.44. The lowest BCUT2D eigenvalue weighted by Crippen LogP contribution is -2.51. The molecule has 0 aliphatic heterocycles. The fourth-order valence-corrected chi connectivity index (χ4v) is 6.30. The van der Waals surface area contributed by atoms with Crippen LogP contribution in [0.25, 0.3) is 11.0 Å². The van der Waals surface area contributed by atoms with E-state index < -0.39 is 0 Å². The molecule has 1 N–H and O–H groups in total. The van der Waals surface area contributed by atoms with Crippen molar-refractivity contribution in [3.05, 3.63) is 28.8 Å². The summed E-state index contributed by atoms with van der Waals surface area (Å²) in [6.45, 7) is 0. The van der Waals surface area contributed by atoms with Crippen LogP contribution in [0.15, 0.2) is 18.2 Å². The molecule has 4 fully saturated rings. The average molecular weight is 302 g/mol. The van der Waals surface area contributed by atoms with Crippen LogP contribution in [0.2, 0.25) is 0 Å².